The molecular formula is C22H21ClN2O3. The van der Waals surface area contributed by atoms with E-state index in [1.807, 2.05) is 47.4 Å². The number of rotatable bonds is 3. The molecule has 2 heterocycles. The zero-order chi connectivity index (χ0) is 19.5. The van der Waals surface area contributed by atoms with E-state index >= 15 is 0 Å². The van der Waals surface area contributed by atoms with Crippen LogP contribution in [0.15, 0.2) is 54.1 Å². The topological polar surface area (TPSA) is 49.9 Å². The van der Waals surface area contributed by atoms with Gasteiger partial charge in [0.15, 0.2) is 0 Å². The highest BCUT2D eigenvalue weighted by Gasteiger charge is 2.27. The number of carbonyl (C=O) groups excluding carboxylic acids is 2. The Morgan fingerprint density at radius 1 is 0.929 bits per heavy atom. The molecule has 5 nitrogen and oxygen atoms in total. The fourth-order valence-corrected chi connectivity index (χ4v) is 3.62. The number of hydrogen-bond acceptors (Lipinski definition) is 3. The minimum Gasteiger partial charge on any atom is -0.488 e. The number of halogens is 1. The van der Waals surface area contributed by atoms with Crippen LogP contribution in [0, 0.1) is 0 Å². The summed E-state index contributed by atoms with van der Waals surface area (Å²) in [5.41, 5.74) is 2.52. The van der Waals surface area contributed by atoms with Crippen LogP contribution in [0.25, 0.3) is 6.08 Å². The van der Waals surface area contributed by atoms with Gasteiger partial charge in [-0.1, -0.05) is 41.9 Å². The Morgan fingerprint density at radius 3 is 2.36 bits per heavy atom. The van der Waals surface area contributed by atoms with Gasteiger partial charge >= 0.3 is 0 Å². The van der Waals surface area contributed by atoms with Crippen LogP contribution in [-0.2, 0) is 16.0 Å². The van der Waals surface area contributed by atoms with E-state index < -0.39 is 0 Å². The number of amides is 2. The SMILES string of the molecule is O=C(Cc1ccc(Cl)cc1)N1CCN(C(=O)C2=Cc3ccccc3OC2)CC1. The lowest BCUT2D eigenvalue weighted by Gasteiger charge is -2.35. The van der Waals surface area contributed by atoms with Gasteiger partial charge in [0.05, 0.1) is 12.0 Å². The third kappa shape index (κ3) is 4.04. The Balaban J connectivity index is 1.34. The van der Waals surface area contributed by atoms with Crippen LogP contribution < -0.4 is 4.74 Å². The molecule has 0 atom stereocenters. The van der Waals surface area contributed by atoms with E-state index in [0.717, 1.165) is 16.9 Å². The molecule has 0 bridgehead atoms. The van der Waals surface area contributed by atoms with Gasteiger partial charge in [0.25, 0.3) is 5.91 Å². The summed E-state index contributed by atoms with van der Waals surface area (Å²) in [6, 6.07) is 15.0. The van der Waals surface area contributed by atoms with E-state index in [0.29, 0.717) is 43.2 Å². The summed E-state index contributed by atoms with van der Waals surface area (Å²) in [5, 5.41) is 0.659. The van der Waals surface area contributed by atoms with E-state index in [4.69, 9.17) is 16.3 Å². The van der Waals surface area contributed by atoms with Crippen LogP contribution in [0.3, 0.4) is 0 Å². The molecule has 0 aliphatic carbocycles. The summed E-state index contributed by atoms with van der Waals surface area (Å²) < 4.78 is 5.69. The molecule has 1 fully saturated rings. The number of benzene rings is 2. The Labute approximate surface area is 169 Å². The number of nitrogens with zero attached hydrogens (tertiary/aromatic N) is 2. The second-order valence-electron chi connectivity index (χ2n) is 6.97. The average molecular weight is 397 g/mol. The molecule has 0 unspecified atom stereocenters. The van der Waals surface area contributed by atoms with Crippen molar-refractivity contribution in [2.24, 2.45) is 0 Å². The molecule has 4 rings (SSSR count). The highest BCUT2D eigenvalue weighted by atomic mass is 35.5. The van der Waals surface area contributed by atoms with Crippen molar-refractivity contribution in [3.05, 3.63) is 70.3 Å². The molecule has 6 heteroatoms. The van der Waals surface area contributed by atoms with Crippen molar-refractivity contribution < 1.29 is 14.3 Å². The normalized spacial score (nSPS) is 16.1. The molecule has 0 saturated carbocycles. The summed E-state index contributed by atoms with van der Waals surface area (Å²) in [4.78, 5) is 29.0. The van der Waals surface area contributed by atoms with E-state index in [1.165, 1.54) is 0 Å². The van der Waals surface area contributed by atoms with Crippen molar-refractivity contribution in [2.45, 2.75) is 6.42 Å². The Hall–Kier alpha value is -2.79. The molecule has 28 heavy (non-hydrogen) atoms. The second-order valence-corrected chi connectivity index (χ2v) is 7.41. The second kappa shape index (κ2) is 8.07. The Kier molecular flexibility index (Phi) is 5.35. The number of hydrogen-bond donors (Lipinski definition) is 0. The third-order valence-electron chi connectivity index (χ3n) is 5.09. The molecule has 2 aliphatic rings. The van der Waals surface area contributed by atoms with Crippen molar-refractivity contribution in [3.8, 4) is 5.75 Å². The van der Waals surface area contributed by atoms with Gasteiger partial charge in [0, 0.05) is 36.8 Å². The van der Waals surface area contributed by atoms with Gasteiger partial charge in [-0.05, 0) is 29.8 Å². The first-order chi connectivity index (χ1) is 13.6. The van der Waals surface area contributed by atoms with Crippen LogP contribution in [-0.4, -0.2) is 54.4 Å². The highest BCUT2D eigenvalue weighted by Crippen LogP contribution is 2.26. The minimum absolute atomic E-state index is 0.0145. The van der Waals surface area contributed by atoms with Crippen molar-refractivity contribution in [2.75, 3.05) is 32.8 Å². The van der Waals surface area contributed by atoms with Gasteiger partial charge in [0.1, 0.15) is 12.4 Å². The zero-order valence-electron chi connectivity index (χ0n) is 15.4. The van der Waals surface area contributed by atoms with Crippen molar-refractivity contribution in [1.29, 1.82) is 0 Å². The standard InChI is InChI=1S/C22H21ClN2O3/c23-19-7-5-16(6-8-19)13-21(26)24-9-11-25(12-10-24)22(27)18-14-17-3-1-2-4-20(17)28-15-18/h1-8,14H,9-13,15H2. The largest absolute Gasteiger partial charge is 0.488 e. The molecule has 0 spiro atoms. The summed E-state index contributed by atoms with van der Waals surface area (Å²) in [5.74, 6) is 0.861. The fourth-order valence-electron chi connectivity index (χ4n) is 3.49. The maximum atomic E-state index is 12.8. The lowest BCUT2D eigenvalue weighted by molar-refractivity contribution is -0.137. The van der Waals surface area contributed by atoms with E-state index in [-0.39, 0.29) is 18.4 Å². The summed E-state index contributed by atoms with van der Waals surface area (Å²) >= 11 is 5.89. The first-order valence-electron chi connectivity index (χ1n) is 9.34. The van der Waals surface area contributed by atoms with Crippen molar-refractivity contribution in [1.82, 2.24) is 9.80 Å². The first-order valence-corrected chi connectivity index (χ1v) is 9.72. The molecular weight excluding hydrogens is 376 g/mol. The molecule has 0 radical (unpaired) electrons. The molecule has 144 valence electrons. The van der Waals surface area contributed by atoms with E-state index in [9.17, 15) is 9.59 Å². The number of para-hydroxylation sites is 1. The van der Waals surface area contributed by atoms with Crippen molar-refractivity contribution in [3.63, 3.8) is 0 Å². The molecule has 0 N–H and O–H groups in total. The molecule has 2 aromatic carbocycles. The van der Waals surface area contributed by atoms with E-state index in [1.54, 1.807) is 17.0 Å². The van der Waals surface area contributed by atoms with Gasteiger partial charge < -0.3 is 14.5 Å². The molecule has 2 aromatic rings. The number of carbonyl (C=O) groups is 2. The smallest absolute Gasteiger partial charge is 0.253 e. The third-order valence-corrected chi connectivity index (χ3v) is 5.35. The molecule has 0 aromatic heterocycles. The molecule has 2 amide bonds. The van der Waals surface area contributed by atoms with Gasteiger partial charge in [0.2, 0.25) is 5.91 Å². The summed E-state index contributed by atoms with van der Waals surface area (Å²) in [6.45, 7) is 2.44. The average Bonchev–Trinajstić information content (AvgIpc) is 2.74. The maximum Gasteiger partial charge on any atom is 0.253 e. The fraction of sp³-hybridized carbons (Fsp3) is 0.273. The number of piperazine rings is 1. The van der Waals surface area contributed by atoms with Gasteiger partial charge in [-0.25, -0.2) is 0 Å². The number of fused-ring (bicyclic) bond motifs is 1. The van der Waals surface area contributed by atoms with Crippen LogP contribution >= 0.6 is 11.6 Å². The Bertz CT molecular complexity index is 916. The monoisotopic (exact) mass is 396 g/mol. The quantitative estimate of drug-likeness (QED) is 0.801. The van der Waals surface area contributed by atoms with Crippen LogP contribution in [0.2, 0.25) is 5.02 Å². The van der Waals surface area contributed by atoms with Gasteiger partial charge in [-0.3, -0.25) is 9.59 Å². The molecule has 2 aliphatic heterocycles. The lowest BCUT2D eigenvalue weighted by Crippen LogP contribution is -2.51. The predicted octanol–water partition coefficient (Wildman–Crippen LogP) is 3.03. The van der Waals surface area contributed by atoms with Crippen molar-refractivity contribution >= 4 is 29.5 Å². The van der Waals surface area contributed by atoms with Crippen LogP contribution in [0.5, 0.6) is 5.75 Å². The maximum absolute atomic E-state index is 12.8. The number of ether oxygens (including phenoxy) is 1. The minimum atomic E-state index is -0.0145. The summed E-state index contributed by atoms with van der Waals surface area (Å²) in [6.07, 6.45) is 2.25. The first kappa shape index (κ1) is 18.6. The summed E-state index contributed by atoms with van der Waals surface area (Å²) in [7, 11) is 0. The lowest BCUT2D eigenvalue weighted by atomic mass is 10.1. The highest BCUT2D eigenvalue weighted by molar-refractivity contribution is 6.30. The van der Waals surface area contributed by atoms with Gasteiger partial charge in [-0.2, -0.15) is 0 Å². The van der Waals surface area contributed by atoms with E-state index in [2.05, 4.69) is 0 Å². The van der Waals surface area contributed by atoms with Gasteiger partial charge in [-0.15, -0.1) is 0 Å². The molecule has 1 saturated heterocycles. The Morgan fingerprint density at radius 2 is 1.61 bits per heavy atom. The van der Waals surface area contributed by atoms with Crippen LogP contribution in [0.4, 0.5) is 0 Å². The van der Waals surface area contributed by atoms with Crippen LogP contribution in [0.1, 0.15) is 11.1 Å². The zero-order valence-corrected chi connectivity index (χ0v) is 16.2. The predicted molar refractivity (Wildman–Crippen MR) is 108 cm³/mol.